The number of piperidine rings is 1. The van der Waals surface area contributed by atoms with Crippen molar-refractivity contribution in [3.8, 4) is 5.75 Å². The third-order valence-electron chi connectivity index (χ3n) is 4.36. The molecule has 0 aromatic heterocycles. The van der Waals surface area contributed by atoms with E-state index in [9.17, 15) is 4.79 Å². The molecule has 1 aromatic rings. The lowest BCUT2D eigenvalue weighted by Crippen LogP contribution is -2.47. The van der Waals surface area contributed by atoms with Gasteiger partial charge in [-0.1, -0.05) is 25.5 Å². The first-order chi connectivity index (χ1) is 10.2. The Labute approximate surface area is 127 Å². The third kappa shape index (κ3) is 3.97. The number of carbonyl (C=O) groups is 1. The van der Waals surface area contributed by atoms with E-state index in [1.165, 1.54) is 0 Å². The zero-order valence-corrected chi connectivity index (χ0v) is 13.1. The normalized spacial score (nSPS) is 17.2. The van der Waals surface area contributed by atoms with Gasteiger partial charge in [0.2, 0.25) is 5.91 Å². The second kappa shape index (κ2) is 7.46. The molecule has 1 aliphatic rings. The zero-order valence-electron chi connectivity index (χ0n) is 13.1. The number of carbonyl (C=O) groups excluding carboxylic acids is 1. The number of hydrogen-bond acceptors (Lipinski definition) is 3. The van der Waals surface area contributed by atoms with Gasteiger partial charge in [-0.05, 0) is 50.0 Å². The monoisotopic (exact) mass is 290 g/mol. The van der Waals surface area contributed by atoms with Gasteiger partial charge in [0.1, 0.15) is 5.75 Å². The molecule has 116 valence electrons. The van der Waals surface area contributed by atoms with E-state index in [1.54, 1.807) is 7.11 Å². The minimum absolute atomic E-state index is 0.182. The molecule has 1 heterocycles. The van der Waals surface area contributed by atoms with E-state index in [0.717, 1.165) is 50.1 Å². The molecule has 1 aromatic carbocycles. The van der Waals surface area contributed by atoms with E-state index in [1.807, 2.05) is 24.3 Å². The average molecular weight is 290 g/mol. The summed E-state index contributed by atoms with van der Waals surface area (Å²) < 4.78 is 5.22. The van der Waals surface area contributed by atoms with Crippen molar-refractivity contribution in [3.05, 3.63) is 29.8 Å². The highest BCUT2D eigenvalue weighted by Gasteiger charge is 2.38. The van der Waals surface area contributed by atoms with Crippen LogP contribution >= 0.6 is 0 Å². The van der Waals surface area contributed by atoms with Crippen molar-refractivity contribution in [3.63, 3.8) is 0 Å². The number of hydrogen-bond donors (Lipinski definition) is 2. The summed E-state index contributed by atoms with van der Waals surface area (Å²) in [5, 5.41) is 6.47. The Morgan fingerprint density at radius 3 is 2.81 bits per heavy atom. The Hall–Kier alpha value is -1.55. The van der Waals surface area contributed by atoms with Crippen LogP contribution in [0.1, 0.15) is 38.2 Å². The number of amides is 1. The molecule has 4 nitrogen and oxygen atoms in total. The molecule has 1 amide bonds. The maximum atomic E-state index is 12.7. The van der Waals surface area contributed by atoms with Gasteiger partial charge in [-0.25, -0.2) is 0 Å². The summed E-state index contributed by atoms with van der Waals surface area (Å²) >= 11 is 0. The van der Waals surface area contributed by atoms with Gasteiger partial charge < -0.3 is 15.4 Å². The summed E-state index contributed by atoms with van der Waals surface area (Å²) in [5.74, 6) is 1.03. The summed E-state index contributed by atoms with van der Waals surface area (Å²) in [6, 6.07) is 7.84. The highest BCUT2D eigenvalue weighted by Crippen LogP contribution is 2.34. The summed E-state index contributed by atoms with van der Waals surface area (Å²) in [6.45, 7) is 4.59. The summed E-state index contributed by atoms with van der Waals surface area (Å²) in [4.78, 5) is 12.7. The fourth-order valence-corrected chi connectivity index (χ4v) is 3.13. The molecule has 21 heavy (non-hydrogen) atoms. The van der Waals surface area contributed by atoms with Crippen LogP contribution in [0.2, 0.25) is 0 Å². The number of methoxy groups -OCH3 is 1. The Bertz CT molecular complexity index is 462. The lowest BCUT2D eigenvalue weighted by atomic mass is 9.74. The molecular formula is C17H26N2O2. The molecule has 2 N–H and O–H groups in total. The third-order valence-corrected chi connectivity index (χ3v) is 4.36. The van der Waals surface area contributed by atoms with Gasteiger partial charge in [0, 0.05) is 6.54 Å². The van der Waals surface area contributed by atoms with E-state index < -0.39 is 0 Å². The lowest BCUT2D eigenvalue weighted by molar-refractivity contribution is -0.133. The van der Waals surface area contributed by atoms with Crippen LogP contribution in [0, 0.1) is 5.41 Å². The maximum absolute atomic E-state index is 12.7. The molecule has 0 spiro atoms. The van der Waals surface area contributed by atoms with Crippen molar-refractivity contribution < 1.29 is 9.53 Å². The van der Waals surface area contributed by atoms with Gasteiger partial charge in [0.15, 0.2) is 0 Å². The van der Waals surface area contributed by atoms with E-state index >= 15 is 0 Å². The molecule has 1 aliphatic heterocycles. The quantitative estimate of drug-likeness (QED) is 0.846. The van der Waals surface area contributed by atoms with Crippen molar-refractivity contribution >= 4 is 5.91 Å². The van der Waals surface area contributed by atoms with Crippen molar-refractivity contribution in [1.82, 2.24) is 10.6 Å². The minimum Gasteiger partial charge on any atom is -0.497 e. The molecule has 1 saturated heterocycles. The Morgan fingerprint density at radius 1 is 1.38 bits per heavy atom. The maximum Gasteiger partial charge on any atom is 0.226 e. The molecule has 4 heteroatoms. The van der Waals surface area contributed by atoms with Gasteiger partial charge in [-0.2, -0.15) is 0 Å². The summed E-state index contributed by atoms with van der Waals surface area (Å²) in [6.07, 6.45) is 3.89. The van der Waals surface area contributed by atoms with E-state index in [2.05, 4.69) is 17.6 Å². The van der Waals surface area contributed by atoms with Crippen LogP contribution in [0.25, 0.3) is 0 Å². The fraction of sp³-hybridized carbons (Fsp3) is 0.588. The second-order valence-corrected chi connectivity index (χ2v) is 5.81. The van der Waals surface area contributed by atoms with Crippen LogP contribution < -0.4 is 15.4 Å². The molecule has 0 aliphatic carbocycles. The largest absolute Gasteiger partial charge is 0.497 e. The first-order valence-electron chi connectivity index (χ1n) is 7.82. The SMILES string of the molecule is CCCC1(C(=O)NCc2cccc(OC)c2)CCNCC1. The molecule has 2 rings (SSSR count). The van der Waals surface area contributed by atoms with Crippen molar-refractivity contribution in [2.75, 3.05) is 20.2 Å². The topological polar surface area (TPSA) is 50.4 Å². The zero-order chi connectivity index (χ0) is 15.1. The predicted molar refractivity (Wildman–Crippen MR) is 84.3 cm³/mol. The van der Waals surface area contributed by atoms with Crippen LogP contribution in [0.5, 0.6) is 5.75 Å². The van der Waals surface area contributed by atoms with Gasteiger partial charge in [-0.3, -0.25) is 4.79 Å². The predicted octanol–water partition coefficient (Wildman–Crippen LogP) is 2.48. The van der Waals surface area contributed by atoms with Crippen molar-refractivity contribution in [2.45, 2.75) is 39.2 Å². The van der Waals surface area contributed by atoms with Crippen LogP contribution in [-0.4, -0.2) is 26.1 Å². The second-order valence-electron chi connectivity index (χ2n) is 5.81. The fourth-order valence-electron chi connectivity index (χ4n) is 3.13. The minimum atomic E-state index is -0.182. The molecule has 0 saturated carbocycles. The molecule has 1 fully saturated rings. The first-order valence-corrected chi connectivity index (χ1v) is 7.82. The highest BCUT2D eigenvalue weighted by molar-refractivity contribution is 5.82. The van der Waals surface area contributed by atoms with Crippen LogP contribution in [0.15, 0.2) is 24.3 Å². The Kier molecular flexibility index (Phi) is 5.62. The Balaban J connectivity index is 1.98. The molecule has 0 atom stereocenters. The number of ether oxygens (including phenoxy) is 1. The van der Waals surface area contributed by atoms with E-state index in [0.29, 0.717) is 6.54 Å². The van der Waals surface area contributed by atoms with E-state index in [-0.39, 0.29) is 11.3 Å². The Morgan fingerprint density at radius 2 is 2.14 bits per heavy atom. The summed E-state index contributed by atoms with van der Waals surface area (Å²) in [5.41, 5.74) is 0.891. The molecule has 0 radical (unpaired) electrons. The van der Waals surface area contributed by atoms with Gasteiger partial charge >= 0.3 is 0 Å². The van der Waals surface area contributed by atoms with Gasteiger partial charge in [0.05, 0.1) is 12.5 Å². The highest BCUT2D eigenvalue weighted by atomic mass is 16.5. The van der Waals surface area contributed by atoms with Gasteiger partial charge in [-0.15, -0.1) is 0 Å². The van der Waals surface area contributed by atoms with Crippen molar-refractivity contribution in [2.24, 2.45) is 5.41 Å². The van der Waals surface area contributed by atoms with Crippen molar-refractivity contribution in [1.29, 1.82) is 0 Å². The van der Waals surface area contributed by atoms with Crippen LogP contribution in [-0.2, 0) is 11.3 Å². The standard InChI is InChI=1S/C17H26N2O2/c1-3-7-17(8-10-18-11-9-17)16(20)19-13-14-5-4-6-15(12-14)21-2/h4-6,12,18H,3,7-11,13H2,1-2H3,(H,19,20). The number of benzene rings is 1. The summed E-state index contributed by atoms with van der Waals surface area (Å²) in [7, 11) is 1.66. The number of nitrogens with one attached hydrogen (secondary N) is 2. The molecule has 0 bridgehead atoms. The molecular weight excluding hydrogens is 264 g/mol. The smallest absolute Gasteiger partial charge is 0.226 e. The van der Waals surface area contributed by atoms with E-state index in [4.69, 9.17) is 4.74 Å². The average Bonchev–Trinajstić information content (AvgIpc) is 2.54. The number of rotatable bonds is 6. The van der Waals surface area contributed by atoms with Crippen LogP contribution in [0.4, 0.5) is 0 Å². The van der Waals surface area contributed by atoms with Gasteiger partial charge in [0.25, 0.3) is 0 Å². The molecule has 0 unspecified atom stereocenters. The van der Waals surface area contributed by atoms with Crippen LogP contribution in [0.3, 0.4) is 0 Å². The first kappa shape index (κ1) is 15.8. The lowest BCUT2D eigenvalue weighted by Gasteiger charge is -2.36.